The molecule has 2 heteroatoms. The quantitative estimate of drug-likeness (QED) is 0.541. The maximum atomic E-state index is 5.87. The van der Waals surface area contributed by atoms with Gasteiger partial charge in [-0.2, -0.15) is 0 Å². The van der Waals surface area contributed by atoms with Crippen molar-refractivity contribution >= 4 is 0 Å². The Morgan fingerprint density at radius 2 is 1.86 bits per heavy atom. The maximum absolute atomic E-state index is 5.87. The van der Waals surface area contributed by atoms with Crippen LogP contribution in [0.2, 0.25) is 0 Å². The molecule has 0 heterocycles. The Bertz CT molecular complexity index is 364. The molecule has 0 bridgehead atoms. The molecule has 1 unspecified atom stereocenters. The van der Waals surface area contributed by atoms with Gasteiger partial charge in [-0.05, 0) is 44.0 Å². The highest BCUT2D eigenvalue weighted by atomic mass is 16.5. The monoisotopic (exact) mass is 291 g/mol. The maximum Gasteiger partial charge on any atom is 0.119 e. The van der Waals surface area contributed by atoms with Gasteiger partial charge in [0.1, 0.15) is 5.75 Å². The van der Waals surface area contributed by atoms with Crippen molar-refractivity contribution in [2.24, 2.45) is 0 Å². The minimum absolute atomic E-state index is 0.599. The topological polar surface area (TPSA) is 21.3 Å². The lowest BCUT2D eigenvalue weighted by Gasteiger charge is -2.18. The van der Waals surface area contributed by atoms with E-state index in [-0.39, 0.29) is 0 Å². The van der Waals surface area contributed by atoms with Crippen LogP contribution in [0.5, 0.6) is 5.75 Å². The smallest absolute Gasteiger partial charge is 0.119 e. The Balaban J connectivity index is 2.20. The van der Waals surface area contributed by atoms with Crippen LogP contribution in [-0.4, -0.2) is 19.2 Å². The summed E-state index contributed by atoms with van der Waals surface area (Å²) in [5, 5.41) is 3.59. The molecule has 0 fully saturated rings. The van der Waals surface area contributed by atoms with Crippen molar-refractivity contribution in [1.29, 1.82) is 0 Å². The van der Waals surface area contributed by atoms with Gasteiger partial charge in [-0.3, -0.25) is 0 Å². The van der Waals surface area contributed by atoms with Gasteiger partial charge in [0.05, 0.1) is 6.61 Å². The van der Waals surface area contributed by atoms with Crippen molar-refractivity contribution in [3.05, 3.63) is 29.8 Å². The van der Waals surface area contributed by atoms with Crippen LogP contribution in [0.25, 0.3) is 0 Å². The summed E-state index contributed by atoms with van der Waals surface area (Å²) in [7, 11) is 0. The minimum Gasteiger partial charge on any atom is -0.494 e. The molecular weight excluding hydrogens is 258 g/mol. The number of benzene rings is 1. The van der Waals surface area contributed by atoms with E-state index in [0.717, 1.165) is 25.3 Å². The van der Waals surface area contributed by atoms with Crippen LogP contribution >= 0.6 is 0 Å². The van der Waals surface area contributed by atoms with E-state index in [0.29, 0.717) is 6.04 Å². The molecule has 1 N–H and O–H groups in total. The van der Waals surface area contributed by atoms with Gasteiger partial charge in [-0.15, -0.1) is 0 Å². The zero-order chi connectivity index (χ0) is 15.3. The van der Waals surface area contributed by atoms with Gasteiger partial charge < -0.3 is 10.1 Å². The van der Waals surface area contributed by atoms with E-state index in [1.807, 2.05) is 6.07 Å². The van der Waals surface area contributed by atoms with Gasteiger partial charge >= 0.3 is 0 Å². The molecule has 1 aromatic rings. The van der Waals surface area contributed by atoms with Crippen molar-refractivity contribution in [3.63, 3.8) is 0 Å². The Morgan fingerprint density at radius 1 is 1.05 bits per heavy atom. The van der Waals surface area contributed by atoms with Crippen molar-refractivity contribution < 1.29 is 4.74 Å². The molecule has 0 amide bonds. The van der Waals surface area contributed by atoms with Gasteiger partial charge in [-0.25, -0.2) is 0 Å². The number of rotatable bonds is 12. The predicted octanol–water partition coefficient (Wildman–Crippen LogP) is 5.10. The molecule has 1 rings (SSSR count). The lowest BCUT2D eigenvalue weighted by Crippen LogP contribution is -2.30. The third-order valence-electron chi connectivity index (χ3n) is 3.87. The fourth-order valence-electron chi connectivity index (χ4n) is 2.66. The first-order chi connectivity index (χ1) is 10.3. The van der Waals surface area contributed by atoms with Crippen LogP contribution in [0.3, 0.4) is 0 Å². The van der Waals surface area contributed by atoms with Crippen molar-refractivity contribution in [1.82, 2.24) is 5.32 Å². The van der Waals surface area contributed by atoms with Crippen LogP contribution in [0, 0.1) is 6.92 Å². The van der Waals surface area contributed by atoms with E-state index >= 15 is 0 Å². The highest BCUT2D eigenvalue weighted by molar-refractivity contribution is 5.27. The first-order valence-corrected chi connectivity index (χ1v) is 8.69. The number of hydrogen-bond acceptors (Lipinski definition) is 2. The largest absolute Gasteiger partial charge is 0.494 e. The lowest BCUT2D eigenvalue weighted by molar-refractivity contribution is 0.279. The summed E-state index contributed by atoms with van der Waals surface area (Å²) in [4.78, 5) is 0. The molecule has 1 atom stereocenters. The summed E-state index contributed by atoms with van der Waals surface area (Å²) >= 11 is 0. The third-order valence-corrected chi connectivity index (χ3v) is 3.87. The molecule has 0 aliphatic carbocycles. The minimum atomic E-state index is 0.599. The molecule has 0 aliphatic heterocycles. The average molecular weight is 291 g/mol. The average Bonchev–Trinajstić information content (AvgIpc) is 2.47. The second-order valence-corrected chi connectivity index (χ2v) is 5.91. The molecule has 21 heavy (non-hydrogen) atoms. The Labute approximate surface area is 131 Å². The van der Waals surface area contributed by atoms with Crippen LogP contribution in [0.4, 0.5) is 0 Å². The zero-order valence-corrected chi connectivity index (χ0v) is 14.2. The van der Waals surface area contributed by atoms with Gasteiger partial charge in [0.25, 0.3) is 0 Å². The van der Waals surface area contributed by atoms with E-state index < -0.39 is 0 Å². The second kappa shape index (κ2) is 11.6. The van der Waals surface area contributed by atoms with Crippen molar-refractivity contribution in [2.45, 2.75) is 71.8 Å². The molecule has 0 saturated heterocycles. The fraction of sp³-hybridized carbons (Fsp3) is 0.684. The number of hydrogen-bond donors (Lipinski definition) is 1. The zero-order valence-electron chi connectivity index (χ0n) is 14.2. The summed E-state index contributed by atoms with van der Waals surface area (Å²) in [5.74, 6) is 0.994. The number of nitrogens with one attached hydrogen (secondary N) is 1. The highest BCUT2D eigenvalue weighted by Gasteiger charge is 2.07. The second-order valence-electron chi connectivity index (χ2n) is 5.91. The predicted molar refractivity (Wildman–Crippen MR) is 92.1 cm³/mol. The summed E-state index contributed by atoms with van der Waals surface area (Å²) in [6.07, 6.45) is 9.15. The first-order valence-electron chi connectivity index (χ1n) is 8.69. The molecule has 1 aromatic carbocycles. The van der Waals surface area contributed by atoms with E-state index in [1.54, 1.807) is 0 Å². The lowest BCUT2D eigenvalue weighted by atomic mass is 10.0. The molecule has 0 radical (unpaired) electrons. The highest BCUT2D eigenvalue weighted by Crippen LogP contribution is 2.14. The van der Waals surface area contributed by atoms with E-state index in [1.165, 1.54) is 44.1 Å². The number of ether oxygens (including phenoxy) is 1. The van der Waals surface area contributed by atoms with Crippen LogP contribution in [0.15, 0.2) is 24.3 Å². The first kappa shape index (κ1) is 18.0. The van der Waals surface area contributed by atoms with Crippen molar-refractivity contribution in [3.8, 4) is 5.75 Å². The molecule has 120 valence electrons. The van der Waals surface area contributed by atoms with E-state index in [2.05, 4.69) is 44.3 Å². The molecule has 0 saturated carbocycles. The third kappa shape index (κ3) is 8.77. The normalized spacial score (nSPS) is 12.3. The van der Waals surface area contributed by atoms with Gasteiger partial charge in [0.2, 0.25) is 0 Å². The fourth-order valence-corrected chi connectivity index (χ4v) is 2.66. The molecule has 0 aromatic heterocycles. The van der Waals surface area contributed by atoms with Crippen LogP contribution in [0.1, 0.15) is 64.4 Å². The summed E-state index contributed by atoms with van der Waals surface area (Å²) < 4.78 is 5.87. The summed E-state index contributed by atoms with van der Waals surface area (Å²) in [6, 6.07) is 8.90. The Kier molecular flexibility index (Phi) is 9.98. The Morgan fingerprint density at radius 3 is 2.57 bits per heavy atom. The van der Waals surface area contributed by atoms with Gasteiger partial charge in [0.15, 0.2) is 0 Å². The van der Waals surface area contributed by atoms with Gasteiger partial charge in [0, 0.05) is 6.04 Å². The standard InChI is InChI=1S/C19H33NO/c1-4-6-7-8-9-12-18(20-5-2)14-15-21-19-13-10-11-17(3)16-19/h10-11,13,16,18,20H,4-9,12,14-15H2,1-3H3. The van der Waals surface area contributed by atoms with E-state index in [9.17, 15) is 0 Å². The number of aryl methyl sites for hydroxylation is 1. The molecule has 0 aliphatic rings. The summed E-state index contributed by atoms with van der Waals surface area (Å²) in [5.41, 5.74) is 1.26. The summed E-state index contributed by atoms with van der Waals surface area (Å²) in [6.45, 7) is 8.40. The van der Waals surface area contributed by atoms with E-state index in [4.69, 9.17) is 4.74 Å². The number of unbranched alkanes of at least 4 members (excludes halogenated alkanes) is 4. The SMILES string of the molecule is CCCCCCCC(CCOc1cccc(C)c1)NCC. The van der Waals surface area contributed by atoms with Crippen molar-refractivity contribution in [2.75, 3.05) is 13.2 Å². The Hall–Kier alpha value is -1.02. The molecule has 2 nitrogen and oxygen atoms in total. The van der Waals surface area contributed by atoms with Crippen LogP contribution in [-0.2, 0) is 0 Å². The van der Waals surface area contributed by atoms with Gasteiger partial charge in [-0.1, -0.05) is 58.1 Å². The molecule has 0 spiro atoms. The molecular formula is C19H33NO. The van der Waals surface area contributed by atoms with Crippen LogP contribution < -0.4 is 10.1 Å².